The quantitative estimate of drug-likeness (QED) is 0.117. The van der Waals surface area contributed by atoms with Crippen molar-refractivity contribution in [3.8, 4) is 5.75 Å². The third-order valence-electron chi connectivity index (χ3n) is 6.83. The van der Waals surface area contributed by atoms with Crippen LogP contribution in [0.3, 0.4) is 0 Å². The van der Waals surface area contributed by atoms with Crippen molar-refractivity contribution in [1.82, 2.24) is 0 Å². The monoisotopic (exact) mass is 506 g/mol. The minimum Gasteiger partial charge on any atom is -0.508 e. The molecule has 0 aliphatic rings. The molecule has 0 aromatic heterocycles. The number of carbonyl (C=O) groups excluding carboxylic acids is 1. The van der Waals surface area contributed by atoms with Crippen LogP contribution in [0.15, 0.2) is 54.6 Å². The van der Waals surface area contributed by atoms with Crippen LogP contribution in [-0.4, -0.2) is 17.6 Å². The molecule has 0 aliphatic heterocycles. The van der Waals surface area contributed by atoms with Crippen LogP contribution in [0.2, 0.25) is 0 Å². The fourth-order valence-corrected chi connectivity index (χ4v) is 4.52. The van der Waals surface area contributed by atoms with Gasteiger partial charge in [0.1, 0.15) is 5.75 Å². The van der Waals surface area contributed by atoms with Gasteiger partial charge in [-0.3, -0.25) is 4.79 Å². The number of rotatable bonds is 21. The molecule has 4 heteroatoms. The molecule has 0 radical (unpaired) electrons. The number of aromatic hydroxyl groups is 1. The lowest BCUT2D eigenvalue weighted by atomic mass is 10.0. The number of carbonyl (C=O) groups is 1. The molecule has 0 atom stereocenters. The van der Waals surface area contributed by atoms with Crippen LogP contribution in [0, 0.1) is 0 Å². The van der Waals surface area contributed by atoms with Gasteiger partial charge in [-0.05, 0) is 54.5 Å². The SMILES string of the molecule is CCCCCCCCCCCCCCCCCCNc1ccc(NC(=O)C=Cc2ccc(O)cc2)cc1. The Morgan fingerprint density at radius 3 is 1.62 bits per heavy atom. The maximum atomic E-state index is 12.1. The van der Waals surface area contributed by atoms with Crippen molar-refractivity contribution in [3.05, 3.63) is 60.2 Å². The molecule has 4 nitrogen and oxygen atoms in total. The summed E-state index contributed by atoms with van der Waals surface area (Å²) in [7, 11) is 0. The normalized spacial score (nSPS) is 11.2. The molecule has 0 unspecified atom stereocenters. The average molecular weight is 507 g/mol. The fourth-order valence-electron chi connectivity index (χ4n) is 4.52. The molecule has 204 valence electrons. The highest BCUT2D eigenvalue weighted by molar-refractivity contribution is 6.02. The first-order chi connectivity index (χ1) is 18.2. The van der Waals surface area contributed by atoms with Gasteiger partial charge in [-0.1, -0.05) is 115 Å². The minimum absolute atomic E-state index is 0.179. The number of anilines is 2. The van der Waals surface area contributed by atoms with Gasteiger partial charge < -0.3 is 15.7 Å². The predicted octanol–water partition coefficient (Wildman–Crippen LogP) is 9.72. The Labute approximate surface area is 226 Å². The number of unbranched alkanes of at least 4 members (excludes halogenated alkanes) is 15. The summed E-state index contributed by atoms with van der Waals surface area (Å²) in [5.74, 6) is 0.0343. The highest BCUT2D eigenvalue weighted by Gasteiger charge is 2.00. The van der Waals surface area contributed by atoms with E-state index in [9.17, 15) is 9.90 Å². The first-order valence-corrected chi connectivity index (χ1v) is 14.8. The number of phenols is 1. The van der Waals surface area contributed by atoms with E-state index in [1.807, 2.05) is 24.3 Å². The highest BCUT2D eigenvalue weighted by Crippen LogP contribution is 2.16. The van der Waals surface area contributed by atoms with Crippen LogP contribution in [-0.2, 0) is 4.79 Å². The largest absolute Gasteiger partial charge is 0.508 e. The Balaban J connectivity index is 1.41. The Bertz CT molecular complexity index is 859. The van der Waals surface area contributed by atoms with Crippen molar-refractivity contribution in [2.24, 2.45) is 0 Å². The number of hydrogen-bond donors (Lipinski definition) is 3. The molecule has 2 aromatic carbocycles. The van der Waals surface area contributed by atoms with Gasteiger partial charge in [0.2, 0.25) is 5.91 Å². The van der Waals surface area contributed by atoms with Crippen molar-refractivity contribution in [1.29, 1.82) is 0 Å². The van der Waals surface area contributed by atoms with E-state index >= 15 is 0 Å². The van der Waals surface area contributed by atoms with Crippen LogP contribution in [0.1, 0.15) is 115 Å². The molecule has 0 saturated heterocycles. The van der Waals surface area contributed by atoms with Crippen LogP contribution in [0.25, 0.3) is 6.08 Å². The zero-order valence-corrected chi connectivity index (χ0v) is 23.1. The smallest absolute Gasteiger partial charge is 0.248 e. The van der Waals surface area contributed by atoms with E-state index < -0.39 is 0 Å². The zero-order chi connectivity index (χ0) is 26.4. The average Bonchev–Trinajstić information content (AvgIpc) is 2.91. The van der Waals surface area contributed by atoms with Crippen molar-refractivity contribution in [3.63, 3.8) is 0 Å². The second-order valence-corrected chi connectivity index (χ2v) is 10.2. The van der Waals surface area contributed by atoms with Crippen LogP contribution >= 0.6 is 0 Å². The van der Waals surface area contributed by atoms with E-state index in [1.54, 1.807) is 30.3 Å². The third-order valence-corrected chi connectivity index (χ3v) is 6.83. The third kappa shape index (κ3) is 15.9. The van der Waals surface area contributed by atoms with Crippen molar-refractivity contribution < 1.29 is 9.90 Å². The number of amides is 1. The molecule has 2 aromatic rings. The first-order valence-electron chi connectivity index (χ1n) is 14.8. The van der Waals surface area contributed by atoms with Crippen LogP contribution in [0.5, 0.6) is 5.75 Å². The molecule has 1 amide bonds. The van der Waals surface area contributed by atoms with Gasteiger partial charge in [-0.25, -0.2) is 0 Å². The second-order valence-electron chi connectivity index (χ2n) is 10.2. The molecule has 2 rings (SSSR count). The topological polar surface area (TPSA) is 61.4 Å². The summed E-state index contributed by atoms with van der Waals surface area (Å²) in [6.07, 6.45) is 25.4. The van der Waals surface area contributed by atoms with Crippen LogP contribution < -0.4 is 10.6 Å². The number of benzene rings is 2. The van der Waals surface area contributed by atoms with Crippen molar-refractivity contribution in [2.75, 3.05) is 17.2 Å². The Kier molecular flexibility index (Phi) is 16.7. The first kappa shape index (κ1) is 30.5. The Morgan fingerprint density at radius 1 is 0.649 bits per heavy atom. The molecule has 37 heavy (non-hydrogen) atoms. The number of nitrogens with one attached hydrogen (secondary N) is 2. The summed E-state index contributed by atoms with van der Waals surface area (Å²) in [4.78, 5) is 12.1. The standard InChI is InChI=1S/C33H50N2O2/c1-2-3-4-5-6-7-8-9-10-11-12-13-14-15-16-17-28-34-30-21-23-31(24-22-30)35-33(37)27-20-29-18-25-32(36)26-19-29/h18-27,34,36H,2-17,28H2,1H3,(H,35,37). The fraction of sp³-hybridized carbons (Fsp3) is 0.545. The van der Waals surface area contributed by atoms with Gasteiger partial charge in [-0.2, -0.15) is 0 Å². The van der Waals surface area contributed by atoms with Gasteiger partial charge in [0.05, 0.1) is 0 Å². The summed E-state index contributed by atoms with van der Waals surface area (Å²) in [6, 6.07) is 14.6. The lowest BCUT2D eigenvalue weighted by Gasteiger charge is -2.08. The Hall–Kier alpha value is -2.75. The minimum atomic E-state index is -0.179. The Morgan fingerprint density at radius 2 is 1.11 bits per heavy atom. The summed E-state index contributed by atoms with van der Waals surface area (Å²) >= 11 is 0. The van der Waals surface area contributed by atoms with Gasteiger partial charge in [0.25, 0.3) is 0 Å². The van der Waals surface area contributed by atoms with Crippen LogP contribution in [0.4, 0.5) is 11.4 Å². The number of hydrogen-bond acceptors (Lipinski definition) is 3. The molecule has 0 aliphatic carbocycles. The molecule has 0 bridgehead atoms. The number of phenolic OH excluding ortho intramolecular Hbond substituents is 1. The van der Waals surface area contributed by atoms with Crippen molar-refractivity contribution >= 4 is 23.4 Å². The van der Waals surface area contributed by atoms with E-state index in [0.29, 0.717) is 0 Å². The summed E-state index contributed by atoms with van der Waals surface area (Å²) in [5, 5.41) is 15.7. The van der Waals surface area contributed by atoms with Gasteiger partial charge >= 0.3 is 0 Å². The zero-order valence-electron chi connectivity index (χ0n) is 23.1. The highest BCUT2D eigenvalue weighted by atomic mass is 16.3. The van der Waals surface area contributed by atoms with E-state index in [4.69, 9.17) is 0 Å². The van der Waals surface area contributed by atoms with Crippen molar-refractivity contribution in [2.45, 2.75) is 110 Å². The molecular weight excluding hydrogens is 456 g/mol. The summed E-state index contributed by atoms with van der Waals surface area (Å²) in [5.41, 5.74) is 2.72. The van der Waals surface area contributed by atoms with Gasteiger partial charge in [0, 0.05) is 24.0 Å². The molecule has 0 heterocycles. The lowest BCUT2D eigenvalue weighted by Crippen LogP contribution is -2.08. The van der Waals surface area contributed by atoms with E-state index in [1.165, 1.54) is 109 Å². The second kappa shape index (κ2) is 20.3. The molecule has 0 saturated carbocycles. The molecule has 0 fully saturated rings. The predicted molar refractivity (Wildman–Crippen MR) is 160 cm³/mol. The molecular formula is C33H50N2O2. The maximum absolute atomic E-state index is 12.1. The molecule has 0 spiro atoms. The maximum Gasteiger partial charge on any atom is 0.248 e. The van der Waals surface area contributed by atoms with E-state index in [-0.39, 0.29) is 11.7 Å². The van der Waals surface area contributed by atoms with Gasteiger partial charge in [0.15, 0.2) is 0 Å². The molecule has 3 N–H and O–H groups in total. The van der Waals surface area contributed by atoms with E-state index in [0.717, 1.165) is 23.5 Å². The van der Waals surface area contributed by atoms with E-state index in [2.05, 4.69) is 17.6 Å². The summed E-state index contributed by atoms with van der Waals surface area (Å²) < 4.78 is 0. The lowest BCUT2D eigenvalue weighted by molar-refractivity contribution is -0.111. The van der Waals surface area contributed by atoms with Gasteiger partial charge in [-0.15, -0.1) is 0 Å². The summed E-state index contributed by atoms with van der Waals surface area (Å²) in [6.45, 7) is 3.27.